The fraction of sp³-hybridized carbons (Fsp3) is 0.542. The molecule has 0 radical (unpaired) electrons. The molecule has 2 aromatic rings. The molecule has 1 aromatic carbocycles. The third-order valence-corrected chi connectivity index (χ3v) is 6.59. The van der Waals surface area contributed by atoms with E-state index in [4.69, 9.17) is 4.52 Å². The highest BCUT2D eigenvalue weighted by molar-refractivity contribution is 5.97. The Bertz CT molecular complexity index is 1030. The molecule has 1 N–H and O–H groups in total. The van der Waals surface area contributed by atoms with E-state index >= 15 is 4.39 Å². The lowest BCUT2D eigenvalue weighted by atomic mass is 9.82. The highest BCUT2D eigenvalue weighted by Crippen LogP contribution is 2.32. The van der Waals surface area contributed by atoms with Crippen molar-refractivity contribution in [3.63, 3.8) is 0 Å². The number of amides is 2. The first-order valence-corrected chi connectivity index (χ1v) is 11.5. The molecule has 4 rings (SSSR count). The maximum Gasteiger partial charge on any atom is 0.279 e. The van der Waals surface area contributed by atoms with Crippen molar-refractivity contribution < 1.29 is 27.3 Å². The van der Waals surface area contributed by atoms with Crippen LogP contribution in [0.25, 0.3) is 11.3 Å². The Morgan fingerprint density at radius 1 is 1.18 bits per heavy atom. The van der Waals surface area contributed by atoms with Gasteiger partial charge >= 0.3 is 0 Å². The third kappa shape index (κ3) is 4.77. The highest BCUT2D eigenvalue weighted by atomic mass is 19.2. The van der Waals surface area contributed by atoms with Gasteiger partial charge in [0.1, 0.15) is 6.04 Å². The number of hydrogen-bond donors (Lipinski definition) is 1. The Balaban J connectivity index is 1.63. The van der Waals surface area contributed by atoms with E-state index in [1.165, 1.54) is 4.90 Å². The molecule has 0 spiro atoms. The minimum absolute atomic E-state index is 0.0758. The van der Waals surface area contributed by atoms with E-state index in [0.717, 1.165) is 50.3 Å². The van der Waals surface area contributed by atoms with Crippen molar-refractivity contribution in [2.45, 2.75) is 64.5 Å². The topological polar surface area (TPSA) is 75.4 Å². The van der Waals surface area contributed by atoms with Crippen LogP contribution < -0.4 is 5.32 Å². The summed E-state index contributed by atoms with van der Waals surface area (Å²) in [6.07, 6.45) is 5.68. The summed E-state index contributed by atoms with van der Waals surface area (Å²) >= 11 is 0. The van der Waals surface area contributed by atoms with Crippen molar-refractivity contribution in [3.05, 3.63) is 41.3 Å². The van der Waals surface area contributed by atoms with Crippen LogP contribution in [0.1, 0.15) is 62.9 Å². The lowest BCUT2D eigenvalue weighted by molar-refractivity contribution is -0.131. The maximum atomic E-state index is 15.2. The van der Waals surface area contributed by atoms with Gasteiger partial charge in [0, 0.05) is 18.2 Å². The van der Waals surface area contributed by atoms with E-state index in [1.807, 2.05) is 13.8 Å². The molecule has 9 heteroatoms. The smallest absolute Gasteiger partial charge is 0.279 e. The zero-order valence-corrected chi connectivity index (χ0v) is 18.7. The average Bonchev–Trinajstić information content (AvgIpc) is 3.18. The quantitative estimate of drug-likeness (QED) is 0.698. The zero-order chi connectivity index (χ0) is 23.7. The molecular weight excluding hydrogens is 435 g/mol. The van der Waals surface area contributed by atoms with Gasteiger partial charge in [0.25, 0.3) is 5.91 Å². The molecule has 1 aromatic heterocycles. The summed E-state index contributed by atoms with van der Waals surface area (Å²) in [5.41, 5.74) is -0.645. The molecule has 2 unspecified atom stereocenters. The maximum absolute atomic E-state index is 15.2. The molecule has 2 aliphatic rings. The van der Waals surface area contributed by atoms with Crippen molar-refractivity contribution in [2.24, 2.45) is 11.8 Å². The van der Waals surface area contributed by atoms with Gasteiger partial charge in [0.05, 0.1) is 0 Å². The van der Waals surface area contributed by atoms with Crippen molar-refractivity contribution in [1.82, 2.24) is 15.4 Å². The number of carbonyl (C=O) groups is 2. The Hall–Kier alpha value is -2.84. The van der Waals surface area contributed by atoms with Gasteiger partial charge in [0.15, 0.2) is 11.6 Å². The van der Waals surface area contributed by atoms with Gasteiger partial charge in [-0.25, -0.2) is 8.78 Å². The molecule has 1 saturated heterocycles. The summed E-state index contributed by atoms with van der Waals surface area (Å²) in [5.74, 6) is -4.37. The lowest BCUT2D eigenvalue weighted by Crippen LogP contribution is -2.63. The molecule has 1 aliphatic heterocycles. The molecule has 2 amide bonds. The highest BCUT2D eigenvalue weighted by Gasteiger charge is 2.42. The molecule has 178 valence electrons. The molecule has 0 bridgehead atoms. The molecule has 6 nitrogen and oxygen atoms in total. The van der Waals surface area contributed by atoms with E-state index in [0.29, 0.717) is 6.42 Å². The van der Waals surface area contributed by atoms with Gasteiger partial charge in [-0.15, -0.1) is 0 Å². The number of carbonyl (C=O) groups excluding carboxylic acids is 2. The first-order valence-electron chi connectivity index (χ1n) is 11.5. The molecule has 1 saturated carbocycles. The lowest BCUT2D eigenvalue weighted by Gasteiger charge is -2.43. The van der Waals surface area contributed by atoms with E-state index in [9.17, 15) is 18.4 Å². The van der Waals surface area contributed by atoms with Crippen LogP contribution in [0.3, 0.4) is 0 Å². The molecule has 2 heterocycles. The standard InChI is InChI=1S/C24H28F3N3O3/c1-13(2)10-19-23(31)28-18(14-6-4-3-5-7-14)12-30(19)24(32)21-20(27)22(33-29-21)15-8-9-16(25)17(26)11-15/h8-9,11,13-14,18-19H,3-7,10,12H2,1-2H3,(H,28,31). The van der Waals surface area contributed by atoms with Gasteiger partial charge in [-0.3, -0.25) is 9.59 Å². The SMILES string of the molecule is CC(C)CC1C(=O)NC(C2CCCCC2)CN1C(=O)c1noc(-c2ccc(F)c(F)c2)c1F. The van der Waals surface area contributed by atoms with Crippen LogP contribution in [0, 0.1) is 29.3 Å². The first-order chi connectivity index (χ1) is 15.8. The van der Waals surface area contributed by atoms with E-state index in [-0.39, 0.29) is 35.9 Å². The predicted molar refractivity (Wildman–Crippen MR) is 115 cm³/mol. The van der Waals surface area contributed by atoms with Crippen molar-refractivity contribution >= 4 is 11.8 Å². The second kappa shape index (κ2) is 9.57. The summed E-state index contributed by atoms with van der Waals surface area (Å²) in [4.78, 5) is 27.8. The Kier molecular flexibility index (Phi) is 6.76. The number of piperazine rings is 1. The van der Waals surface area contributed by atoms with E-state index < -0.39 is 40.9 Å². The van der Waals surface area contributed by atoms with Crippen molar-refractivity contribution in [2.75, 3.05) is 6.54 Å². The summed E-state index contributed by atoms with van der Waals surface area (Å²) in [7, 11) is 0. The fourth-order valence-electron chi connectivity index (χ4n) is 4.88. The van der Waals surface area contributed by atoms with Crippen LogP contribution >= 0.6 is 0 Å². The molecule has 2 atom stereocenters. The summed E-state index contributed by atoms with van der Waals surface area (Å²) in [6.45, 7) is 4.15. The Morgan fingerprint density at radius 2 is 1.91 bits per heavy atom. The second-order valence-electron chi connectivity index (χ2n) is 9.42. The number of nitrogens with zero attached hydrogens (tertiary/aromatic N) is 2. The molecular formula is C24H28F3N3O3. The monoisotopic (exact) mass is 463 g/mol. The minimum Gasteiger partial charge on any atom is -0.352 e. The Labute approximate surface area is 190 Å². The number of rotatable bonds is 5. The van der Waals surface area contributed by atoms with Crippen LogP contribution in [-0.4, -0.2) is 40.5 Å². The third-order valence-electron chi connectivity index (χ3n) is 6.59. The zero-order valence-electron chi connectivity index (χ0n) is 18.7. The largest absolute Gasteiger partial charge is 0.352 e. The average molecular weight is 464 g/mol. The number of hydrogen-bond acceptors (Lipinski definition) is 4. The number of aromatic nitrogens is 1. The summed E-state index contributed by atoms with van der Waals surface area (Å²) < 4.78 is 47.0. The van der Waals surface area contributed by atoms with Crippen LogP contribution in [0.2, 0.25) is 0 Å². The molecule has 1 aliphatic carbocycles. The van der Waals surface area contributed by atoms with Crippen molar-refractivity contribution in [1.29, 1.82) is 0 Å². The number of halogens is 3. The summed E-state index contributed by atoms with van der Waals surface area (Å²) in [6, 6.07) is 1.82. The second-order valence-corrected chi connectivity index (χ2v) is 9.42. The fourth-order valence-corrected chi connectivity index (χ4v) is 4.88. The number of benzene rings is 1. The number of nitrogens with one attached hydrogen (secondary N) is 1. The van der Waals surface area contributed by atoms with E-state index in [2.05, 4.69) is 10.5 Å². The summed E-state index contributed by atoms with van der Waals surface area (Å²) in [5, 5.41) is 6.69. The van der Waals surface area contributed by atoms with Gasteiger partial charge in [-0.05, 0) is 49.3 Å². The normalized spacial score (nSPS) is 22.0. The van der Waals surface area contributed by atoms with Gasteiger partial charge < -0.3 is 14.7 Å². The molecule has 2 fully saturated rings. The van der Waals surface area contributed by atoms with Crippen LogP contribution in [-0.2, 0) is 4.79 Å². The van der Waals surface area contributed by atoms with E-state index in [1.54, 1.807) is 0 Å². The molecule has 33 heavy (non-hydrogen) atoms. The predicted octanol–water partition coefficient (Wildman–Crippen LogP) is 4.69. The van der Waals surface area contributed by atoms with Crippen molar-refractivity contribution in [3.8, 4) is 11.3 Å². The minimum atomic E-state index is -1.17. The first kappa shape index (κ1) is 23.3. The van der Waals surface area contributed by atoms with Gasteiger partial charge in [0.2, 0.25) is 23.2 Å². The van der Waals surface area contributed by atoms with Crippen LogP contribution in [0.5, 0.6) is 0 Å². The van der Waals surface area contributed by atoms with Gasteiger partial charge in [-0.1, -0.05) is 38.3 Å². The Morgan fingerprint density at radius 3 is 2.58 bits per heavy atom. The van der Waals surface area contributed by atoms with Gasteiger partial charge in [-0.2, -0.15) is 4.39 Å². The van der Waals surface area contributed by atoms with Crippen LogP contribution in [0.4, 0.5) is 13.2 Å². The van der Waals surface area contributed by atoms with Crippen LogP contribution in [0.15, 0.2) is 22.7 Å².